The van der Waals surface area contributed by atoms with Crippen LogP contribution in [0.15, 0.2) is 36.5 Å². The predicted molar refractivity (Wildman–Crippen MR) is 344 cm³/mol. The van der Waals surface area contributed by atoms with Gasteiger partial charge in [-0.2, -0.15) is 0 Å². The predicted octanol–water partition coefficient (Wildman–Crippen LogP) is 21.9. The zero-order chi connectivity index (χ0) is 56.6. The molecule has 0 aromatic heterocycles. The fraction of sp³-hybridized carbons (Fsp3) is 0.903. The normalized spacial score (nSPS) is 13.7. The van der Waals surface area contributed by atoms with E-state index in [1.165, 1.54) is 302 Å². The third-order valence-corrected chi connectivity index (χ3v) is 16.8. The molecule has 0 bridgehead atoms. The van der Waals surface area contributed by atoms with Crippen LogP contribution in [0, 0.1) is 0 Å². The molecule has 6 heteroatoms. The minimum Gasteiger partial charge on any atom is -0.394 e. The van der Waals surface area contributed by atoms with Gasteiger partial charge in [0.1, 0.15) is 12.2 Å². The lowest BCUT2D eigenvalue weighted by Gasteiger charge is -2.27. The van der Waals surface area contributed by atoms with Crippen LogP contribution in [0.4, 0.5) is 0 Å². The Labute approximate surface area is 487 Å². The van der Waals surface area contributed by atoms with Gasteiger partial charge < -0.3 is 25.7 Å². The number of rotatable bonds is 66. The Morgan fingerprint density at radius 1 is 0.308 bits per heavy atom. The molecule has 6 nitrogen and oxygen atoms in total. The first-order chi connectivity index (χ1) is 38.5. The van der Waals surface area contributed by atoms with Crippen molar-refractivity contribution in [1.29, 1.82) is 0 Å². The first-order valence-electron chi connectivity index (χ1n) is 35.4. The Hall–Kier alpha value is -1.47. The third kappa shape index (κ3) is 59.2. The van der Waals surface area contributed by atoms with E-state index in [1.54, 1.807) is 0 Å². The van der Waals surface area contributed by atoms with E-state index in [1.807, 2.05) is 0 Å². The molecule has 0 saturated heterocycles. The van der Waals surface area contributed by atoms with Gasteiger partial charge in [0.2, 0.25) is 5.91 Å². The van der Waals surface area contributed by atoms with Crippen molar-refractivity contribution in [2.75, 3.05) is 6.61 Å². The highest BCUT2D eigenvalue weighted by atomic mass is 16.3. The summed E-state index contributed by atoms with van der Waals surface area (Å²) in [5, 5.41) is 44.2. The second-order valence-electron chi connectivity index (χ2n) is 24.6. The van der Waals surface area contributed by atoms with Gasteiger partial charge in [-0.15, -0.1) is 0 Å². The second-order valence-corrected chi connectivity index (χ2v) is 24.6. The first-order valence-corrected chi connectivity index (χ1v) is 35.4. The molecule has 4 unspecified atom stereocenters. The maximum absolute atomic E-state index is 12.7. The van der Waals surface area contributed by atoms with E-state index in [2.05, 4.69) is 55.6 Å². The van der Waals surface area contributed by atoms with Crippen molar-refractivity contribution in [1.82, 2.24) is 5.32 Å². The van der Waals surface area contributed by atoms with Crippen molar-refractivity contribution in [2.24, 2.45) is 0 Å². The van der Waals surface area contributed by atoms with E-state index in [9.17, 15) is 25.2 Å². The van der Waals surface area contributed by atoms with Crippen LogP contribution in [0.3, 0.4) is 0 Å². The number of unbranched alkanes of at least 4 members (excludes halogenated alkanes) is 51. The van der Waals surface area contributed by atoms with Crippen LogP contribution in [0.5, 0.6) is 0 Å². The summed E-state index contributed by atoms with van der Waals surface area (Å²) in [5.74, 6) is -0.592. The van der Waals surface area contributed by atoms with Gasteiger partial charge in [-0.1, -0.05) is 359 Å². The molecule has 0 radical (unpaired) electrons. The molecule has 0 fully saturated rings. The standard InChI is InChI=1S/C72H139NO5/c1-3-5-7-9-11-13-15-17-19-21-23-25-27-29-31-33-34-35-36-37-38-40-42-44-46-48-50-52-54-56-58-60-62-64-66-70(76)72(78)73-68(67-74)71(77)69(75)65-63-61-59-57-55-53-51-49-47-45-43-41-39-32-30-28-26-24-22-20-18-16-14-12-10-8-6-4-2/h41,43,49,51,57,59,68-71,74-77H,3-40,42,44-48,50,52-56,58,60-67H2,1-2H3,(H,73,78)/b43-41+,51-49+,59-57+. The van der Waals surface area contributed by atoms with Crippen LogP contribution in [-0.4, -0.2) is 57.3 Å². The monoisotopic (exact) mass is 1100 g/mol. The maximum Gasteiger partial charge on any atom is 0.249 e. The number of allylic oxidation sites excluding steroid dienone is 6. The van der Waals surface area contributed by atoms with Gasteiger partial charge in [0.25, 0.3) is 0 Å². The van der Waals surface area contributed by atoms with E-state index in [0.717, 1.165) is 51.4 Å². The van der Waals surface area contributed by atoms with Gasteiger partial charge >= 0.3 is 0 Å². The summed E-state index contributed by atoms with van der Waals surface area (Å²) in [5.41, 5.74) is 0. The number of carbonyl (C=O) groups excluding carboxylic acids is 1. The van der Waals surface area contributed by atoms with Crippen molar-refractivity contribution >= 4 is 5.91 Å². The quantitative estimate of drug-likeness (QED) is 0.0308. The summed E-state index contributed by atoms with van der Waals surface area (Å²) in [6.07, 6.45) is 85.7. The van der Waals surface area contributed by atoms with Crippen LogP contribution >= 0.6 is 0 Å². The number of aliphatic hydroxyl groups is 4. The van der Waals surface area contributed by atoms with Gasteiger partial charge in [0.05, 0.1) is 18.8 Å². The summed E-state index contributed by atoms with van der Waals surface area (Å²) >= 11 is 0. The number of aliphatic hydroxyl groups excluding tert-OH is 4. The largest absolute Gasteiger partial charge is 0.394 e. The van der Waals surface area contributed by atoms with Gasteiger partial charge in [0, 0.05) is 0 Å². The van der Waals surface area contributed by atoms with Gasteiger partial charge in [-0.3, -0.25) is 4.79 Å². The lowest BCUT2D eigenvalue weighted by molar-refractivity contribution is -0.132. The minimum absolute atomic E-state index is 0.362. The molecule has 462 valence electrons. The molecule has 0 aromatic carbocycles. The van der Waals surface area contributed by atoms with Crippen molar-refractivity contribution in [2.45, 2.75) is 411 Å². The first kappa shape index (κ1) is 76.5. The van der Waals surface area contributed by atoms with Crippen LogP contribution < -0.4 is 5.32 Å². The third-order valence-electron chi connectivity index (χ3n) is 16.8. The Morgan fingerprint density at radius 2 is 0.538 bits per heavy atom. The maximum atomic E-state index is 12.7. The molecule has 0 rings (SSSR count). The molecule has 1 amide bonds. The number of carbonyl (C=O) groups is 1. The number of amides is 1. The van der Waals surface area contributed by atoms with Crippen LogP contribution in [0.1, 0.15) is 386 Å². The van der Waals surface area contributed by atoms with Crippen LogP contribution in [0.25, 0.3) is 0 Å². The number of hydrogen-bond acceptors (Lipinski definition) is 5. The highest BCUT2D eigenvalue weighted by Crippen LogP contribution is 2.19. The Kier molecular flexibility index (Phi) is 65.1. The van der Waals surface area contributed by atoms with Gasteiger partial charge in [-0.05, 0) is 64.2 Å². The highest BCUT2D eigenvalue weighted by molar-refractivity contribution is 5.80. The van der Waals surface area contributed by atoms with Crippen molar-refractivity contribution < 1.29 is 25.2 Å². The number of nitrogens with one attached hydrogen (secondary N) is 1. The SMILES string of the molecule is CCCCCCCCCCCCCCCCC/C=C/CC/C=C/CC/C=C/CCCC(O)C(O)C(CO)NC(=O)C(O)CCCCCCCCCCCCCCCCCCCCCCCCCCCCCCCCCCCC. The zero-order valence-corrected chi connectivity index (χ0v) is 52.7. The molecule has 0 aliphatic heterocycles. The Morgan fingerprint density at radius 3 is 0.808 bits per heavy atom. The topological polar surface area (TPSA) is 110 Å². The van der Waals surface area contributed by atoms with Crippen LogP contribution in [-0.2, 0) is 4.79 Å². The minimum atomic E-state index is -1.29. The molecular weight excluding hydrogens is 959 g/mol. The Balaban J connectivity index is 3.58. The fourth-order valence-corrected chi connectivity index (χ4v) is 11.3. The molecule has 78 heavy (non-hydrogen) atoms. The van der Waals surface area contributed by atoms with Crippen molar-refractivity contribution in [3.63, 3.8) is 0 Å². The van der Waals surface area contributed by atoms with Gasteiger partial charge in [0.15, 0.2) is 0 Å². The Bertz CT molecular complexity index is 1230. The molecule has 0 spiro atoms. The van der Waals surface area contributed by atoms with Crippen LogP contribution in [0.2, 0.25) is 0 Å². The molecule has 0 heterocycles. The molecule has 0 saturated carbocycles. The summed E-state index contributed by atoms with van der Waals surface area (Å²) in [6, 6.07) is -1.01. The smallest absolute Gasteiger partial charge is 0.249 e. The summed E-state index contributed by atoms with van der Waals surface area (Å²) in [6.45, 7) is 4.09. The molecule has 0 aliphatic rings. The fourth-order valence-electron chi connectivity index (χ4n) is 11.3. The van der Waals surface area contributed by atoms with E-state index < -0.39 is 36.9 Å². The molecular formula is C72H139NO5. The van der Waals surface area contributed by atoms with E-state index in [-0.39, 0.29) is 0 Å². The lowest BCUT2D eigenvalue weighted by Crippen LogP contribution is -2.53. The highest BCUT2D eigenvalue weighted by Gasteiger charge is 2.28. The summed E-state index contributed by atoms with van der Waals surface area (Å²) in [7, 11) is 0. The summed E-state index contributed by atoms with van der Waals surface area (Å²) in [4.78, 5) is 12.7. The lowest BCUT2D eigenvalue weighted by atomic mass is 10.00. The molecule has 0 aliphatic carbocycles. The molecule has 5 N–H and O–H groups in total. The van der Waals surface area contributed by atoms with Gasteiger partial charge in [-0.25, -0.2) is 0 Å². The number of hydrogen-bond donors (Lipinski definition) is 5. The second kappa shape index (κ2) is 66.3. The van der Waals surface area contributed by atoms with E-state index >= 15 is 0 Å². The average molecular weight is 1100 g/mol. The molecule has 0 aromatic rings. The average Bonchev–Trinajstić information content (AvgIpc) is 3.45. The zero-order valence-electron chi connectivity index (χ0n) is 52.7. The van der Waals surface area contributed by atoms with E-state index in [0.29, 0.717) is 19.3 Å². The van der Waals surface area contributed by atoms with E-state index in [4.69, 9.17) is 0 Å². The van der Waals surface area contributed by atoms with Crippen molar-refractivity contribution in [3.05, 3.63) is 36.5 Å². The summed E-state index contributed by atoms with van der Waals surface area (Å²) < 4.78 is 0. The van der Waals surface area contributed by atoms with Crippen molar-refractivity contribution in [3.8, 4) is 0 Å². The molecule has 4 atom stereocenters.